The SMILES string of the molecule is CCN(CC)c1ccc(C=Nn2c(-c3ccc(Br)cc3)csc2=Nc2cccnc2)c(O)c1. The molecule has 33 heavy (non-hydrogen) atoms. The largest absolute Gasteiger partial charge is 0.507 e. The number of anilines is 1. The molecule has 4 aromatic rings. The minimum absolute atomic E-state index is 0.190. The number of aromatic nitrogens is 2. The van der Waals surface area contributed by atoms with Crippen LogP contribution in [0, 0.1) is 0 Å². The molecule has 0 unspecified atom stereocenters. The van der Waals surface area contributed by atoms with Crippen molar-refractivity contribution in [1.82, 2.24) is 9.66 Å². The zero-order valence-electron chi connectivity index (χ0n) is 18.4. The van der Waals surface area contributed by atoms with Crippen molar-refractivity contribution in [3.63, 3.8) is 0 Å². The Morgan fingerprint density at radius 3 is 2.58 bits per heavy atom. The van der Waals surface area contributed by atoms with Crippen LogP contribution in [-0.4, -0.2) is 34.1 Å². The van der Waals surface area contributed by atoms with E-state index in [1.54, 1.807) is 29.4 Å². The first-order valence-corrected chi connectivity index (χ1v) is 12.3. The molecule has 4 rings (SSSR count). The zero-order valence-corrected chi connectivity index (χ0v) is 20.8. The molecule has 0 fully saturated rings. The van der Waals surface area contributed by atoms with Crippen molar-refractivity contribution in [2.45, 2.75) is 13.8 Å². The van der Waals surface area contributed by atoms with Crippen LogP contribution in [0.15, 0.2) is 86.9 Å². The standard InChI is InChI=1S/C25H24BrN5OS/c1-3-30(4-2)22-12-9-19(24(32)14-22)15-28-31-23(18-7-10-20(26)11-8-18)17-33-25(31)29-21-6-5-13-27-16-21/h5-17,32H,3-4H2,1-2H3. The Hall–Kier alpha value is -3.23. The number of thiazole rings is 1. The number of phenolic OH excluding ortho intramolecular Hbond substituents is 1. The minimum atomic E-state index is 0.190. The Balaban J connectivity index is 1.77. The molecule has 0 aliphatic rings. The molecule has 1 N–H and O–H groups in total. The van der Waals surface area contributed by atoms with Crippen LogP contribution < -0.4 is 9.70 Å². The van der Waals surface area contributed by atoms with E-state index in [1.165, 1.54) is 11.3 Å². The van der Waals surface area contributed by atoms with E-state index in [-0.39, 0.29) is 5.75 Å². The summed E-state index contributed by atoms with van der Waals surface area (Å²) in [5, 5.41) is 17.4. The predicted molar refractivity (Wildman–Crippen MR) is 140 cm³/mol. The summed E-state index contributed by atoms with van der Waals surface area (Å²) < 4.78 is 2.80. The monoisotopic (exact) mass is 521 g/mol. The van der Waals surface area contributed by atoms with E-state index in [1.807, 2.05) is 53.9 Å². The predicted octanol–water partition coefficient (Wildman–Crippen LogP) is 6.04. The molecule has 8 heteroatoms. The summed E-state index contributed by atoms with van der Waals surface area (Å²) in [6.45, 7) is 5.95. The average Bonchev–Trinajstić information content (AvgIpc) is 3.22. The normalized spacial score (nSPS) is 11.9. The molecule has 0 bridgehead atoms. The summed E-state index contributed by atoms with van der Waals surface area (Å²) in [6.07, 6.45) is 5.10. The van der Waals surface area contributed by atoms with Gasteiger partial charge in [0.05, 0.1) is 23.8 Å². The van der Waals surface area contributed by atoms with Crippen molar-refractivity contribution in [3.05, 3.63) is 87.2 Å². The van der Waals surface area contributed by atoms with Gasteiger partial charge < -0.3 is 10.0 Å². The maximum atomic E-state index is 10.6. The summed E-state index contributed by atoms with van der Waals surface area (Å²) in [7, 11) is 0. The van der Waals surface area contributed by atoms with Crippen LogP contribution in [0.4, 0.5) is 11.4 Å². The molecular weight excluding hydrogens is 498 g/mol. The van der Waals surface area contributed by atoms with Crippen LogP contribution in [0.1, 0.15) is 19.4 Å². The Morgan fingerprint density at radius 1 is 1.12 bits per heavy atom. The van der Waals surface area contributed by atoms with Crippen molar-refractivity contribution >= 4 is 44.9 Å². The van der Waals surface area contributed by atoms with Crippen LogP contribution >= 0.6 is 27.3 Å². The second-order valence-corrected chi connectivity index (χ2v) is 8.96. The van der Waals surface area contributed by atoms with Gasteiger partial charge in [-0.3, -0.25) is 4.98 Å². The third kappa shape index (κ3) is 5.40. The molecule has 0 saturated heterocycles. The molecule has 0 aliphatic heterocycles. The molecule has 0 atom stereocenters. The average molecular weight is 522 g/mol. The lowest BCUT2D eigenvalue weighted by molar-refractivity contribution is 0.474. The number of nitrogens with zero attached hydrogens (tertiary/aromatic N) is 5. The number of rotatable bonds is 7. The summed E-state index contributed by atoms with van der Waals surface area (Å²) in [5.74, 6) is 0.190. The van der Waals surface area contributed by atoms with Gasteiger partial charge in [0.2, 0.25) is 4.80 Å². The first-order valence-electron chi connectivity index (χ1n) is 10.6. The summed E-state index contributed by atoms with van der Waals surface area (Å²) in [5.41, 5.74) is 4.29. The fourth-order valence-electron chi connectivity index (χ4n) is 3.38. The highest BCUT2D eigenvalue weighted by Gasteiger charge is 2.09. The highest BCUT2D eigenvalue weighted by atomic mass is 79.9. The molecule has 0 amide bonds. The summed E-state index contributed by atoms with van der Waals surface area (Å²) in [6, 6.07) is 17.5. The lowest BCUT2D eigenvalue weighted by Crippen LogP contribution is -2.21. The zero-order chi connectivity index (χ0) is 23.2. The molecular formula is C25H24BrN5OS. The van der Waals surface area contributed by atoms with Gasteiger partial charge in [0.1, 0.15) is 5.75 Å². The van der Waals surface area contributed by atoms with Gasteiger partial charge in [-0.2, -0.15) is 5.10 Å². The van der Waals surface area contributed by atoms with Gasteiger partial charge >= 0.3 is 0 Å². The van der Waals surface area contributed by atoms with Crippen LogP contribution in [0.2, 0.25) is 0 Å². The Morgan fingerprint density at radius 2 is 1.91 bits per heavy atom. The maximum absolute atomic E-state index is 10.6. The van der Waals surface area contributed by atoms with E-state index >= 15 is 0 Å². The third-order valence-corrected chi connectivity index (χ3v) is 6.50. The van der Waals surface area contributed by atoms with Crippen LogP contribution in [0.3, 0.4) is 0 Å². The molecule has 2 heterocycles. The Kier molecular flexibility index (Phi) is 7.36. The van der Waals surface area contributed by atoms with Gasteiger partial charge in [-0.1, -0.05) is 28.1 Å². The Labute approximate surface area is 205 Å². The third-order valence-electron chi connectivity index (χ3n) is 5.15. The summed E-state index contributed by atoms with van der Waals surface area (Å²) in [4.78, 5) is 11.8. The van der Waals surface area contributed by atoms with E-state index < -0.39 is 0 Å². The van der Waals surface area contributed by atoms with E-state index in [0.717, 1.165) is 40.2 Å². The molecule has 2 aromatic carbocycles. The Bertz CT molecular complexity index is 1310. The second kappa shape index (κ2) is 10.6. The van der Waals surface area contributed by atoms with Crippen molar-refractivity contribution < 1.29 is 5.11 Å². The van der Waals surface area contributed by atoms with Crippen molar-refractivity contribution in [2.75, 3.05) is 18.0 Å². The van der Waals surface area contributed by atoms with Crippen LogP contribution in [-0.2, 0) is 0 Å². The van der Waals surface area contributed by atoms with Crippen LogP contribution in [0.25, 0.3) is 11.3 Å². The molecule has 6 nitrogen and oxygen atoms in total. The molecule has 0 saturated carbocycles. The number of benzene rings is 2. The van der Waals surface area contributed by atoms with Crippen molar-refractivity contribution in [2.24, 2.45) is 10.1 Å². The van der Waals surface area contributed by atoms with Crippen molar-refractivity contribution in [3.8, 4) is 17.0 Å². The van der Waals surface area contributed by atoms with Gasteiger partial charge in [0.25, 0.3) is 0 Å². The fraction of sp³-hybridized carbons (Fsp3) is 0.160. The lowest BCUT2D eigenvalue weighted by atomic mass is 10.2. The second-order valence-electron chi connectivity index (χ2n) is 7.21. The fourth-order valence-corrected chi connectivity index (χ4v) is 4.51. The number of hydrogen-bond donors (Lipinski definition) is 1. The maximum Gasteiger partial charge on any atom is 0.211 e. The van der Waals surface area contributed by atoms with E-state index in [2.05, 4.69) is 39.7 Å². The number of halogens is 1. The topological polar surface area (TPSA) is 66.0 Å². The van der Waals surface area contributed by atoms with Crippen molar-refractivity contribution in [1.29, 1.82) is 0 Å². The highest BCUT2D eigenvalue weighted by molar-refractivity contribution is 9.10. The lowest BCUT2D eigenvalue weighted by Gasteiger charge is -2.21. The highest BCUT2D eigenvalue weighted by Crippen LogP contribution is 2.25. The number of phenols is 1. The molecule has 0 aliphatic carbocycles. The van der Waals surface area contributed by atoms with Gasteiger partial charge in [-0.25, -0.2) is 9.67 Å². The number of hydrogen-bond acceptors (Lipinski definition) is 6. The molecule has 0 spiro atoms. The first-order chi connectivity index (χ1) is 16.1. The van der Waals surface area contributed by atoms with Gasteiger partial charge in [-0.05, 0) is 50.2 Å². The van der Waals surface area contributed by atoms with E-state index in [4.69, 9.17) is 10.1 Å². The minimum Gasteiger partial charge on any atom is -0.507 e. The van der Waals surface area contributed by atoms with E-state index in [9.17, 15) is 5.11 Å². The van der Waals surface area contributed by atoms with Gasteiger partial charge in [-0.15, -0.1) is 11.3 Å². The number of pyridine rings is 1. The number of aromatic hydroxyl groups is 1. The summed E-state index contributed by atoms with van der Waals surface area (Å²) >= 11 is 4.99. The smallest absolute Gasteiger partial charge is 0.211 e. The van der Waals surface area contributed by atoms with Crippen LogP contribution in [0.5, 0.6) is 5.75 Å². The van der Waals surface area contributed by atoms with Gasteiger partial charge in [0, 0.05) is 52.0 Å². The molecule has 168 valence electrons. The van der Waals surface area contributed by atoms with Gasteiger partial charge in [0.15, 0.2) is 0 Å². The first kappa shape index (κ1) is 22.9. The van der Waals surface area contributed by atoms with E-state index in [0.29, 0.717) is 10.4 Å². The molecule has 0 radical (unpaired) electrons. The quantitative estimate of drug-likeness (QED) is 0.301. The molecule has 2 aromatic heterocycles.